The molecule has 9 rings (SSSR count). The highest BCUT2D eigenvalue weighted by atomic mass is 35.5. The zero-order valence-electron chi connectivity index (χ0n) is 36.5. The molecule has 1 saturated heterocycles. The van der Waals surface area contributed by atoms with E-state index in [4.69, 9.17) is 52.1 Å². The molecule has 3 aromatic carbocycles. The maximum absolute atomic E-state index is 14.1. The normalized spacial score (nSPS) is 17.5. The van der Waals surface area contributed by atoms with Crippen molar-refractivity contribution in [1.82, 2.24) is 40.4 Å². The zero-order valence-corrected chi connectivity index (χ0v) is 38.0. The summed E-state index contributed by atoms with van der Waals surface area (Å²) in [4.78, 5) is 72.5. The number of nitrogens with one attached hydrogen (secondary N) is 4. The number of aromatic amines is 2. The van der Waals surface area contributed by atoms with Gasteiger partial charge in [-0.15, -0.1) is 0 Å². The first kappa shape index (κ1) is 44.4. The first-order chi connectivity index (χ1) is 32.0. The summed E-state index contributed by atoms with van der Waals surface area (Å²) in [6.45, 7) is 3.50. The van der Waals surface area contributed by atoms with E-state index >= 15 is 0 Å². The minimum absolute atomic E-state index is 0.135. The third-order valence-electron chi connectivity index (χ3n) is 12.3. The van der Waals surface area contributed by atoms with Crippen molar-refractivity contribution in [2.45, 2.75) is 70.5 Å². The van der Waals surface area contributed by atoms with Gasteiger partial charge in [0.15, 0.2) is 0 Å². The number of amides is 4. The lowest BCUT2D eigenvalue weighted by Crippen LogP contribution is -2.52. The van der Waals surface area contributed by atoms with Crippen LogP contribution in [0.4, 0.5) is 9.59 Å². The zero-order chi connectivity index (χ0) is 46.1. The Balaban J connectivity index is 0.955. The van der Waals surface area contributed by atoms with Gasteiger partial charge < -0.3 is 49.3 Å². The average molecular weight is 936 g/mol. The molecule has 4 aliphatic rings. The molecule has 16 nitrogen and oxygen atoms in total. The van der Waals surface area contributed by atoms with Gasteiger partial charge in [-0.05, 0) is 55.5 Å². The number of nitrogens with zero attached hydrogens (tertiary/aromatic N) is 4. The number of likely N-dealkylation sites (tertiary alicyclic amines) is 1. The largest absolute Gasteiger partial charge is 0.488 e. The molecule has 3 aliphatic heterocycles. The van der Waals surface area contributed by atoms with Gasteiger partial charge in [0.05, 0.1) is 26.8 Å². The first-order valence-electron chi connectivity index (χ1n) is 21.8. The van der Waals surface area contributed by atoms with E-state index in [2.05, 4.69) is 20.6 Å². The number of benzene rings is 3. The van der Waals surface area contributed by atoms with E-state index in [-0.39, 0.29) is 37.5 Å². The van der Waals surface area contributed by atoms with Gasteiger partial charge in [0.25, 0.3) is 5.91 Å². The SMILES string of the molecule is CCCN(Cc1nc(-c2cc3c4c(c2)OCc2cc(-c5nc([C@@H]6CCCN6C(=O)[C@H](NC(=O)OC)c6ccccc6)[nH]c5Cl)cc(c2-4)OC3)c(Cl)[nH]1)C(=O)[C@H](NC(=O)OC)C1C=CC=CC1. The maximum Gasteiger partial charge on any atom is 0.407 e. The number of aromatic nitrogens is 4. The van der Waals surface area contributed by atoms with Crippen molar-refractivity contribution in [3.8, 4) is 45.1 Å². The molecule has 18 heteroatoms. The van der Waals surface area contributed by atoms with Gasteiger partial charge in [-0.25, -0.2) is 19.6 Å². The second-order valence-corrected chi connectivity index (χ2v) is 17.2. The Morgan fingerprint density at radius 2 is 1.53 bits per heavy atom. The Morgan fingerprint density at radius 1 is 0.879 bits per heavy atom. The minimum Gasteiger partial charge on any atom is -0.488 e. The van der Waals surface area contributed by atoms with Gasteiger partial charge in [-0.1, -0.05) is 84.8 Å². The van der Waals surface area contributed by atoms with Gasteiger partial charge in [0, 0.05) is 52.4 Å². The standard InChI is InChI=1S/C48H48Cl2N8O8/c1-4-17-57(45(59)40(54-47(61)63-2)26-12-7-5-8-13-26)23-35-51-38(42(49)52-35)28-19-30-24-66-34-22-29(20-31-25-65-33(21-28)36(30)37(31)34)39-43(50)56-44(53-39)32-16-11-18-58(32)46(60)41(55-48(62)64-3)27-14-9-6-10-15-27/h5-10,12,14-15,19-22,26,32,40-41H,4,11,13,16-18,23-25H2,1-3H3,(H,51,52)(H,53,56)(H,54,61)(H,55,62)/t26?,32-,40+,41+/m0/s1. The number of hydrogen-bond acceptors (Lipinski definition) is 10. The van der Waals surface area contributed by atoms with E-state index in [1.807, 2.05) is 73.7 Å². The molecule has 0 radical (unpaired) electrons. The number of methoxy groups -OCH3 is 2. The monoisotopic (exact) mass is 934 g/mol. The van der Waals surface area contributed by atoms with Gasteiger partial charge in [0.1, 0.15) is 70.1 Å². The van der Waals surface area contributed by atoms with Crippen LogP contribution < -0.4 is 20.1 Å². The van der Waals surface area contributed by atoms with Gasteiger partial charge in [-0.3, -0.25) is 9.59 Å². The van der Waals surface area contributed by atoms with Crippen LogP contribution >= 0.6 is 23.2 Å². The van der Waals surface area contributed by atoms with Crippen molar-refractivity contribution in [3.63, 3.8) is 0 Å². The molecule has 4 N–H and O–H groups in total. The quantitative estimate of drug-likeness (QED) is 0.0889. The minimum atomic E-state index is -0.953. The summed E-state index contributed by atoms with van der Waals surface area (Å²) < 4.78 is 22.6. The molecular weight excluding hydrogens is 887 g/mol. The Hall–Kier alpha value is -6.78. The van der Waals surface area contributed by atoms with Crippen LogP contribution in [0, 0.1) is 5.92 Å². The highest BCUT2D eigenvalue weighted by Gasteiger charge is 2.39. The Morgan fingerprint density at radius 3 is 2.17 bits per heavy atom. The van der Waals surface area contributed by atoms with Crippen molar-refractivity contribution >= 4 is 47.2 Å². The maximum atomic E-state index is 14.1. The van der Waals surface area contributed by atoms with E-state index in [0.717, 1.165) is 34.2 Å². The second-order valence-electron chi connectivity index (χ2n) is 16.5. The second kappa shape index (κ2) is 19.0. The number of allylic oxidation sites excluding steroid dienone is 3. The predicted octanol–water partition coefficient (Wildman–Crippen LogP) is 8.58. The van der Waals surface area contributed by atoms with E-state index in [1.54, 1.807) is 21.9 Å². The Kier molecular flexibility index (Phi) is 12.8. The predicted molar refractivity (Wildman–Crippen MR) is 246 cm³/mol. The van der Waals surface area contributed by atoms with E-state index in [0.29, 0.717) is 88.3 Å². The smallest absolute Gasteiger partial charge is 0.407 e. The van der Waals surface area contributed by atoms with Crippen molar-refractivity contribution in [1.29, 1.82) is 0 Å². The summed E-state index contributed by atoms with van der Waals surface area (Å²) in [5.41, 5.74) is 6.68. The molecule has 1 aliphatic carbocycles. The van der Waals surface area contributed by atoms with E-state index < -0.39 is 30.3 Å². The molecule has 2 aromatic heterocycles. The van der Waals surface area contributed by atoms with Crippen molar-refractivity contribution in [2.75, 3.05) is 27.3 Å². The molecule has 342 valence electrons. The van der Waals surface area contributed by atoms with Gasteiger partial charge in [-0.2, -0.15) is 0 Å². The van der Waals surface area contributed by atoms with Crippen LogP contribution in [0.5, 0.6) is 11.5 Å². The highest BCUT2D eigenvalue weighted by Crippen LogP contribution is 2.51. The molecular formula is C48H48Cl2N8O8. The summed E-state index contributed by atoms with van der Waals surface area (Å²) in [6, 6.07) is 14.7. The van der Waals surface area contributed by atoms with Crippen molar-refractivity contribution in [3.05, 3.63) is 118 Å². The summed E-state index contributed by atoms with van der Waals surface area (Å²) in [7, 11) is 2.53. The van der Waals surface area contributed by atoms with Gasteiger partial charge in [0.2, 0.25) is 5.91 Å². The molecule has 4 amide bonds. The Labute approximate surface area is 390 Å². The van der Waals surface area contributed by atoms with Crippen LogP contribution in [0.2, 0.25) is 10.3 Å². The molecule has 0 bridgehead atoms. The number of imidazole rings is 2. The number of alkyl carbamates (subject to hydrolysis) is 2. The third kappa shape index (κ3) is 8.70. The van der Waals surface area contributed by atoms with Crippen LogP contribution in [0.1, 0.15) is 73.0 Å². The number of H-pyrrole nitrogens is 2. The fraction of sp³-hybridized carbons (Fsp3) is 0.333. The number of carbonyl (C=O) groups is 4. The van der Waals surface area contributed by atoms with Crippen LogP contribution in [0.25, 0.3) is 33.6 Å². The van der Waals surface area contributed by atoms with Gasteiger partial charge >= 0.3 is 12.2 Å². The summed E-state index contributed by atoms with van der Waals surface area (Å²) in [6.07, 6.45) is 8.93. The molecule has 5 heterocycles. The highest BCUT2D eigenvalue weighted by molar-refractivity contribution is 6.32. The van der Waals surface area contributed by atoms with Crippen LogP contribution in [-0.4, -0.2) is 87.1 Å². The van der Waals surface area contributed by atoms with Crippen molar-refractivity contribution < 1.29 is 38.1 Å². The van der Waals surface area contributed by atoms with Crippen LogP contribution in [0.3, 0.4) is 0 Å². The van der Waals surface area contributed by atoms with Crippen molar-refractivity contribution in [2.24, 2.45) is 5.92 Å². The molecule has 1 fully saturated rings. The number of ether oxygens (including phenoxy) is 4. The summed E-state index contributed by atoms with van der Waals surface area (Å²) in [5.74, 6) is 1.55. The Bertz CT molecular complexity index is 2700. The lowest BCUT2D eigenvalue weighted by molar-refractivity contribution is -0.135. The lowest BCUT2D eigenvalue weighted by atomic mass is 9.87. The molecule has 0 saturated carbocycles. The molecule has 4 atom stereocenters. The van der Waals surface area contributed by atoms with E-state index in [9.17, 15) is 19.2 Å². The number of hydrogen-bond donors (Lipinski definition) is 4. The fourth-order valence-electron chi connectivity index (χ4n) is 9.23. The summed E-state index contributed by atoms with van der Waals surface area (Å²) in [5, 5.41) is 6.06. The van der Waals surface area contributed by atoms with Crippen LogP contribution in [0.15, 0.2) is 78.9 Å². The molecule has 66 heavy (non-hydrogen) atoms. The lowest BCUT2D eigenvalue weighted by Gasteiger charge is -2.30. The molecule has 1 unspecified atom stereocenters. The number of halogens is 2. The summed E-state index contributed by atoms with van der Waals surface area (Å²) >= 11 is 13.7. The number of rotatable bonds is 13. The average Bonchev–Trinajstić information content (AvgIpc) is 4.09. The van der Waals surface area contributed by atoms with E-state index in [1.165, 1.54) is 14.2 Å². The topological polar surface area (TPSA) is 193 Å². The third-order valence-corrected chi connectivity index (χ3v) is 12.9. The number of carbonyl (C=O) groups excluding carboxylic acids is 4. The fourth-order valence-corrected chi connectivity index (χ4v) is 9.73. The first-order valence-corrected chi connectivity index (χ1v) is 22.6. The molecule has 0 spiro atoms. The van der Waals surface area contributed by atoms with Crippen LogP contribution in [-0.2, 0) is 38.8 Å². The molecule has 5 aromatic rings.